The van der Waals surface area contributed by atoms with Crippen LogP contribution in [0.3, 0.4) is 0 Å². The molecule has 0 radical (unpaired) electrons. The van der Waals surface area contributed by atoms with Gasteiger partial charge in [-0.1, -0.05) is 6.07 Å². The van der Waals surface area contributed by atoms with E-state index in [1.807, 2.05) is 0 Å². The van der Waals surface area contributed by atoms with Gasteiger partial charge < -0.3 is 19.9 Å². The molecule has 0 aliphatic heterocycles. The molecule has 1 aromatic rings. The van der Waals surface area contributed by atoms with Gasteiger partial charge in [-0.2, -0.15) is 4.39 Å². The van der Waals surface area contributed by atoms with Crippen LogP contribution in [0.2, 0.25) is 0 Å². The number of methoxy groups -OCH3 is 1. The molecule has 2 rings (SSSR count). The highest BCUT2D eigenvalue weighted by Gasteiger charge is 2.42. The van der Waals surface area contributed by atoms with Crippen molar-refractivity contribution in [2.24, 2.45) is 5.73 Å². The molecule has 3 unspecified atom stereocenters. The quantitative estimate of drug-likeness (QED) is 0.798. The molecule has 0 heterocycles. The van der Waals surface area contributed by atoms with Crippen LogP contribution in [-0.4, -0.2) is 38.6 Å². The second-order valence-electron chi connectivity index (χ2n) is 4.44. The van der Waals surface area contributed by atoms with Gasteiger partial charge in [-0.25, -0.2) is 4.39 Å². The molecule has 1 fully saturated rings. The Bertz CT molecular complexity index is 430. The molecule has 0 spiro atoms. The van der Waals surface area contributed by atoms with Crippen LogP contribution >= 0.6 is 0 Å². The Morgan fingerprint density at radius 1 is 1.32 bits per heavy atom. The lowest BCUT2D eigenvalue weighted by Crippen LogP contribution is -2.59. The third kappa shape index (κ3) is 3.20. The molecular weight excluding hydrogens is 256 g/mol. The molecule has 0 bridgehead atoms. The van der Waals surface area contributed by atoms with E-state index in [0.717, 1.165) is 6.07 Å². The first-order valence-corrected chi connectivity index (χ1v) is 6.10. The van der Waals surface area contributed by atoms with Crippen molar-refractivity contribution in [1.82, 2.24) is 0 Å². The van der Waals surface area contributed by atoms with Crippen molar-refractivity contribution in [3.05, 3.63) is 29.8 Å². The van der Waals surface area contributed by atoms with E-state index < -0.39 is 11.6 Å². The van der Waals surface area contributed by atoms with Crippen molar-refractivity contribution in [1.29, 1.82) is 0 Å². The van der Waals surface area contributed by atoms with Crippen LogP contribution in [0.5, 0.6) is 5.75 Å². The van der Waals surface area contributed by atoms with Crippen LogP contribution in [0.4, 0.5) is 8.78 Å². The van der Waals surface area contributed by atoms with E-state index >= 15 is 0 Å². The lowest BCUT2D eigenvalue weighted by molar-refractivity contribution is -0.107. The number of rotatable bonds is 6. The zero-order valence-corrected chi connectivity index (χ0v) is 10.6. The third-order valence-corrected chi connectivity index (χ3v) is 3.09. The summed E-state index contributed by atoms with van der Waals surface area (Å²) >= 11 is 0. The lowest BCUT2D eigenvalue weighted by atomic mass is 9.86. The van der Waals surface area contributed by atoms with Gasteiger partial charge in [-0.05, 0) is 12.1 Å². The highest BCUT2D eigenvalue weighted by atomic mass is 19.2. The first-order chi connectivity index (χ1) is 9.13. The fourth-order valence-electron chi connectivity index (χ4n) is 1.97. The molecule has 0 aromatic heterocycles. The fourth-order valence-corrected chi connectivity index (χ4v) is 1.97. The molecule has 0 amide bonds. The Morgan fingerprint density at radius 2 is 2.11 bits per heavy atom. The molecule has 19 heavy (non-hydrogen) atoms. The topological polar surface area (TPSA) is 53.7 Å². The highest BCUT2D eigenvalue weighted by Crippen LogP contribution is 2.29. The number of nitrogens with two attached hydrogens (primary N) is 1. The minimum absolute atomic E-state index is 0.114. The number of hydrogen-bond donors (Lipinski definition) is 1. The standard InChI is InChI=1S/C13H17F2NO3/c1-17-5-6-18-13-9(16)7-11(13)19-10-4-2-3-8(14)12(10)15/h2-4,9,11,13H,5-7,16H2,1H3. The Labute approximate surface area is 110 Å². The van der Waals surface area contributed by atoms with Gasteiger partial charge in [0.2, 0.25) is 5.82 Å². The van der Waals surface area contributed by atoms with E-state index in [2.05, 4.69) is 0 Å². The van der Waals surface area contributed by atoms with Crippen molar-refractivity contribution in [2.45, 2.75) is 24.7 Å². The van der Waals surface area contributed by atoms with Crippen LogP contribution < -0.4 is 10.5 Å². The van der Waals surface area contributed by atoms with Gasteiger partial charge in [0.15, 0.2) is 11.6 Å². The van der Waals surface area contributed by atoms with Gasteiger partial charge in [-0.3, -0.25) is 0 Å². The van der Waals surface area contributed by atoms with Crippen molar-refractivity contribution in [2.75, 3.05) is 20.3 Å². The zero-order valence-electron chi connectivity index (χ0n) is 10.6. The van der Waals surface area contributed by atoms with Gasteiger partial charge in [0.1, 0.15) is 12.2 Å². The Morgan fingerprint density at radius 3 is 2.79 bits per heavy atom. The Balaban J connectivity index is 1.93. The van der Waals surface area contributed by atoms with Crippen LogP contribution in [0.25, 0.3) is 0 Å². The maximum absolute atomic E-state index is 13.5. The molecule has 1 aromatic carbocycles. The van der Waals surface area contributed by atoms with Crippen LogP contribution in [0.1, 0.15) is 6.42 Å². The van der Waals surface area contributed by atoms with Gasteiger partial charge in [-0.15, -0.1) is 0 Å². The maximum Gasteiger partial charge on any atom is 0.200 e. The summed E-state index contributed by atoms with van der Waals surface area (Å²) in [6.07, 6.45) is -0.130. The summed E-state index contributed by atoms with van der Waals surface area (Å²) in [5.74, 6) is -2.03. The summed E-state index contributed by atoms with van der Waals surface area (Å²) in [6.45, 7) is 0.838. The molecule has 6 heteroatoms. The number of ether oxygens (including phenoxy) is 3. The second-order valence-corrected chi connectivity index (χ2v) is 4.44. The highest BCUT2D eigenvalue weighted by molar-refractivity contribution is 5.26. The maximum atomic E-state index is 13.5. The number of benzene rings is 1. The van der Waals surface area contributed by atoms with Crippen molar-refractivity contribution in [3.8, 4) is 5.75 Å². The average Bonchev–Trinajstić information content (AvgIpc) is 2.39. The Kier molecular flexibility index (Phi) is 4.68. The first kappa shape index (κ1) is 14.2. The zero-order chi connectivity index (χ0) is 13.8. The molecular formula is C13H17F2NO3. The number of halogens is 2. The number of hydrogen-bond acceptors (Lipinski definition) is 4. The van der Waals surface area contributed by atoms with Crippen molar-refractivity contribution >= 4 is 0 Å². The average molecular weight is 273 g/mol. The molecule has 0 saturated heterocycles. The summed E-state index contributed by atoms with van der Waals surface area (Å²) in [7, 11) is 1.57. The fraction of sp³-hybridized carbons (Fsp3) is 0.538. The molecule has 1 aliphatic carbocycles. The second kappa shape index (κ2) is 6.27. The largest absolute Gasteiger partial charge is 0.484 e. The Hall–Kier alpha value is -1.24. The van der Waals surface area contributed by atoms with E-state index in [9.17, 15) is 8.78 Å². The lowest BCUT2D eigenvalue weighted by Gasteiger charge is -2.41. The molecule has 2 N–H and O–H groups in total. The molecule has 1 aliphatic rings. The summed E-state index contributed by atoms with van der Waals surface area (Å²) in [6, 6.07) is 3.67. The predicted molar refractivity (Wildman–Crippen MR) is 65.0 cm³/mol. The van der Waals surface area contributed by atoms with E-state index in [-0.39, 0.29) is 24.0 Å². The molecule has 1 saturated carbocycles. The summed E-state index contributed by atoms with van der Waals surface area (Å²) < 4.78 is 42.3. The minimum atomic E-state index is -0.987. The van der Waals surface area contributed by atoms with Crippen LogP contribution in [0, 0.1) is 11.6 Å². The van der Waals surface area contributed by atoms with Crippen LogP contribution in [0.15, 0.2) is 18.2 Å². The molecule has 4 nitrogen and oxygen atoms in total. The SMILES string of the molecule is COCCOC1C(N)CC1Oc1cccc(F)c1F. The summed E-state index contributed by atoms with van der Waals surface area (Å²) in [5.41, 5.74) is 5.80. The van der Waals surface area contributed by atoms with Gasteiger partial charge in [0.25, 0.3) is 0 Å². The normalized spacial score (nSPS) is 26.0. The summed E-state index contributed by atoms with van der Waals surface area (Å²) in [4.78, 5) is 0. The van der Waals surface area contributed by atoms with E-state index in [1.165, 1.54) is 12.1 Å². The monoisotopic (exact) mass is 273 g/mol. The van der Waals surface area contributed by atoms with E-state index in [1.54, 1.807) is 7.11 Å². The van der Waals surface area contributed by atoms with E-state index in [0.29, 0.717) is 19.6 Å². The molecule has 106 valence electrons. The van der Waals surface area contributed by atoms with Gasteiger partial charge in [0, 0.05) is 19.6 Å². The van der Waals surface area contributed by atoms with Crippen molar-refractivity contribution in [3.63, 3.8) is 0 Å². The third-order valence-electron chi connectivity index (χ3n) is 3.09. The van der Waals surface area contributed by atoms with Gasteiger partial charge >= 0.3 is 0 Å². The summed E-state index contributed by atoms with van der Waals surface area (Å²) in [5, 5.41) is 0. The van der Waals surface area contributed by atoms with Crippen LogP contribution in [-0.2, 0) is 9.47 Å². The smallest absolute Gasteiger partial charge is 0.200 e. The minimum Gasteiger partial charge on any atom is -0.484 e. The first-order valence-electron chi connectivity index (χ1n) is 6.10. The van der Waals surface area contributed by atoms with Crippen molar-refractivity contribution < 1.29 is 23.0 Å². The van der Waals surface area contributed by atoms with Gasteiger partial charge in [0.05, 0.1) is 13.2 Å². The predicted octanol–water partition coefficient (Wildman–Crippen LogP) is 1.47. The molecule has 3 atom stereocenters. The van der Waals surface area contributed by atoms with E-state index in [4.69, 9.17) is 19.9 Å².